The van der Waals surface area contributed by atoms with Gasteiger partial charge in [0.15, 0.2) is 0 Å². The molecule has 106 valence electrons. The highest BCUT2D eigenvalue weighted by atomic mass is 32.1. The average molecular weight is 289 g/mol. The monoisotopic (exact) mass is 289 g/mol. The number of carboxylic acids is 1. The lowest BCUT2D eigenvalue weighted by Crippen LogP contribution is -1.98. The zero-order valence-corrected chi connectivity index (χ0v) is 12.4. The van der Waals surface area contributed by atoms with E-state index >= 15 is 0 Å². The van der Waals surface area contributed by atoms with Gasteiger partial charge in [-0.1, -0.05) is 25.5 Å². The van der Waals surface area contributed by atoms with Crippen LogP contribution in [0.3, 0.4) is 0 Å². The van der Waals surface area contributed by atoms with Crippen LogP contribution in [0.1, 0.15) is 28.7 Å². The molecule has 1 aromatic carbocycles. The summed E-state index contributed by atoms with van der Waals surface area (Å²) in [6.45, 7) is 2.91. The number of hydrogen-bond acceptors (Lipinski definition) is 3. The third kappa shape index (κ3) is 4.38. The molecule has 2 N–H and O–H groups in total. The number of aryl methyl sites for hydroxylation is 1. The Morgan fingerprint density at radius 3 is 2.50 bits per heavy atom. The molecule has 0 amide bonds. The minimum Gasteiger partial charge on any atom is -0.481 e. The van der Waals surface area contributed by atoms with Crippen LogP contribution in [0.15, 0.2) is 36.4 Å². The van der Waals surface area contributed by atoms with E-state index in [2.05, 4.69) is 36.5 Å². The number of nitrogens with one attached hydrogen (secondary N) is 1. The molecule has 0 bridgehead atoms. The predicted octanol–water partition coefficient (Wildman–Crippen LogP) is 3.94. The molecule has 0 atom stereocenters. The highest BCUT2D eigenvalue weighted by Crippen LogP contribution is 2.19. The number of benzene rings is 1. The lowest BCUT2D eigenvalue weighted by atomic mass is 10.1. The van der Waals surface area contributed by atoms with Crippen molar-refractivity contribution in [2.24, 2.45) is 0 Å². The van der Waals surface area contributed by atoms with Crippen LogP contribution in [-0.4, -0.2) is 11.1 Å². The van der Waals surface area contributed by atoms with E-state index in [0.717, 1.165) is 34.8 Å². The number of hydrogen-bond donors (Lipinski definition) is 2. The van der Waals surface area contributed by atoms with Gasteiger partial charge in [-0.05, 0) is 36.2 Å². The molecule has 0 saturated carbocycles. The zero-order chi connectivity index (χ0) is 14.4. The van der Waals surface area contributed by atoms with Gasteiger partial charge in [0.25, 0.3) is 0 Å². The molecule has 0 aliphatic rings. The first kappa shape index (κ1) is 14.6. The van der Waals surface area contributed by atoms with Gasteiger partial charge in [-0.15, -0.1) is 11.3 Å². The largest absolute Gasteiger partial charge is 0.481 e. The maximum absolute atomic E-state index is 10.6. The van der Waals surface area contributed by atoms with Crippen molar-refractivity contribution in [1.82, 2.24) is 0 Å². The molecule has 0 fully saturated rings. The summed E-state index contributed by atoms with van der Waals surface area (Å²) in [4.78, 5) is 12.7. The van der Waals surface area contributed by atoms with Crippen molar-refractivity contribution in [2.75, 3.05) is 5.32 Å². The first-order chi connectivity index (χ1) is 9.67. The summed E-state index contributed by atoms with van der Waals surface area (Å²) in [5, 5.41) is 12.1. The summed E-state index contributed by atoms with van der Waals surface area (Å²) in [7, 11) is 0. The second-order valence-corrected chi connectivity index (χ2v) is 5.99. The van der Waals surface area contributed by atoms with Gasteiger partial charge < -0.3 is 10.4 Å². The molecule has 0 radical (unpaired) electrons. The molecule has 4 heteroatoms. The third-order valence-corrected chi connectivity index (χ3v) is 4.09. The summed E-state index contributed by atoms with van der Waals surface area (Å²) >= 11 is 1.55. The van der Waals surface area contributed by atoms with E-state index in [-0.39, 0.29) is 6.42 Å². The Morgan fingerprint density at radius 2 is 1.85 bits per heavy atom. The van der Waals surface area contributed by atoms with Gasteiger partial charge in [0.05, 0.1) is 6.42 Å². The number of carboxylic acid groups (broad SMARTS) is 1. The van der Waals surface area contributed by atoms with E-state index in [1.807, 2.05) is 12.1 Å². The Labute approximate surface area is 123 Å². The van der Waals surface area contributed by atoms with E-state index in [1.165, 1.54) is 5.56 Å². The quantitative estimate of drug-likeness (QED) is 0.811. The molecule has 0 spiro atoms. The molecule has 3 nitrogen and oxygen atoms in total. The van der Waals surface area contributed by atoms with E-state index in [0.29, 0.717) is 0 Å². The Kier molecular flexibility index (Phi) is 5.18. The van der Waals surface area contributed by atoms with Crippen molar-refractivity contribution in [1.29, 1.82) is 0 Å². The normalized spacial score (nSPS) is 10.4. The van der Waals surface area contributed by atoms with Crippen molar-refractivity contribution in [3.8, 4) is 0 Å². The lowest BCUT2D eigenvalue weighted by molar-refractivity contribution is -0.136. The fraction of sp³-hybridized carbons (Fsp3) is 0.312. The highest BCUT2D eigenvalue weighted by Gasteiger charge is 2.04. The minimum atomic E-state index is -0.780. The molecule has 0 saturated heterocycles. The van der Waals surface area contributed by atoms with Crippen LogP contribution in [0.2, 0.25) is 0 Å². The summed E-state index contributed by atoms with van der Waals surface area (Å²) < 4.78 is 0. The van der Waals surface area contributed by atoms with Gasteiger partial charge in [0.1, 0.15) is 0 Å². The van der Waals surface area contributed by atoms with Crippen LogP contribution in [0, 0.1) is 0 Å². The van der Waals surface area contributed by atoms with Crippen LogP contribution >= 0.6 is 11.3 Å². The summed E-state index contributed by atoms with van der Waals surface area (Å²) in [5.41, 5.74) is 2.45. The first-order valence-corrected chi connectivity index (χ1v) is 7.61. The van der Waals surface area contributed by atoms with Crippen molar-refractivity contribution in [2.45, 2.75) is 32.7 Å². The topological polar surface area (TPSA) is 49.3 Å². The van der Waals surface area contributed by atoms with Gasteiger partial charge in [-0.2, -0.15) is 0 Å². The summed E-state index contributed by atoms with van der Waals surface area (Å²) in [6, 6.07) is 12.4. The number of rotatable bonds is 7. The van der Waals surface area contributed by atoms with Crippen molar-refractivity contribution >= 4 is 23.0 Å². The molecule has 1 aromatic heterocycles. The van der Waals surface area contributed by atoms with Gasteiger partial charge >= 0.3 is 5.97 Å². The van der Waals surface area contributed by atoms with E-state index < -0.39 is 5.97 Å². The van der Waals surface area contributed by atoms with Crippen LogP contribution in [0.5, 0.6) is 0 Å². The maximum atomic E-state index is 10.6. The van der Waals surface area contributed by atoms with Gasteiger partial charge in [0, 0.05) is 22.0 Å². The smallest absolute Gasteiger partial charge is 0.308 e. The summed E-state index contributed by atoms with van der Waals surface area (Å²) in [6.07, 6.45) is 2.38. The number of carbonyl (C=O) groups is 1. The maximum Gasteiger partial charge on any atom is 0.308 e. The van der Waals surface area contributed by atoms with E-state index in [1.54, 1.807) is 11.3 Å². The fourth-order valence-corrected chi connectivity index (χ4v) is 2.98. The Balaban J connectivity index is 1.88. The van der Waals surface area contributed by atoms with Crippen molar-refractivity contribution in [3.63, 3.8) is 0 Å². The standard InChI is InChI=1S/C16H19NO2S/c1-2-3-12-4-6-13(7-5-12)17-11-15-9-8-14(20-15)10-16(18)19/h4-9,17H,2-3,10-11H2,1H3,(H,18,19). The Morgan fingerprint density at radius 1 is 1.15 bits per heavy atom. The Hall–Kier alpha value is -1.81. The summed E-state index contributed by atoms with van der Waals surface area (Å²) in [5.74, 6) is -0.780. The van der Waals surface area contributed by atoms with Crippen LogP contribution in [0.25, 0.3) is 0 Å². The molecular formula is C16H19NO2S. The molecule has 2 aromatic rings. The molecule has 1 heterocycles. The average Bonchev–Trinajstić information content (AvgIpc) is 2.85. The first-order valence-electron chi connectivity index (χ1n) is 6.79. The molecular weight excluding hydrogens is 270 g/mol. The second-order valence-electron chi connectivity index (χ2n) is 4.74. The Bertz CT molecular complexity index is 560. The number of thiophene rings is 1. The van der Waals surface area contributed by atoms with E-state index in [9.17, 15) is 4.79 Å². The molecule has 0 unspecified atom stereocenters. The third-order valence-electron chi connectivity index (χ3n) is 3.00. The van der Waals surface area contributed by atoms with Crippen LogP contribution in [-0.2, 0) is 24.2 Å². The molecule has 20 heavy (non-hydrogen) atoms. The SMILES string of the molecule is CCCc1ccc(NCc2ccc(CC(=O)O)s2)cc1. The molecule has 2 rings (SSSR count). The fourth-order valence-electron chi connectivity index (χ4n) is 2.03. The number of aliphatic carboxylic acids is 1. The van der Waals surface area contributed by atoms with Crippen LogP contribution < -0.4 is 5.32 Å². The molecule has 0 aliphatic heterocycles. The second kappa shape index (κ2) is 7.10. The zero-order valence-electron chi connectivity index (χ0n) is 11.6. The van der Waals surface area contributed by atoms with Gasteiger partial charge in [-0.3, -0.25) is 4.79 Å². The highest BCUT2D eigenvalue weighted by molar-refractivity contribution is 7.12. The van der Waals surface area contributed by atoms with E-state index in [4.69, 9.17) is 5.11 Å². The predicted molar refractivity (Wildman–Crippen MR) is 83.4 cm³/mol. The van der Waals surface area contributed by atoms with Crippen molar-refractivity contribution < 1.29 is 9.90 Å². The van der Waals surface area contributed by atoms with Gasteiger partial charge in [-0.25, -0.2) is 0 Å². The number of anilines is 1. The minimum absolute atomic E-state index is 0.108. The van der Waals surface area contributed by atoms with Gasteiger partial charge in [0.2, 0.25) is 0 Å². The van der Waals surface area contributed by atoms with Crippen molar-refractivity contribution in [3.05, 3.63) is 51.7 Å². The van der Waals surface area contributed by atoms with Crippen LogP contribution in [0.4, 0.5) is 5.69 Å². The lowest BCUT2D eigenvalue weighted by Gasteiger charge is -2.06. The molecule has 0 aliphatic carbocycles.